The molecule has 0 fully saturated rings. The number of carbonyl (C=O) groups is 2. The predicted molar refractivity (Wildman–Crippen MR) is 113 cm³/mol. The first-order valence-corrected chi connectivity index (χ1v) is 11.7. The molecule has 1 aliphatic rings. The van der Waals surface area contributed by atoms with Crippen molar-refractivity contribution in [3.8, 4) is 0 Å². The quantitative estimate of drug-likeness (QED) is 0.133. The van der Waals surface area contributed by atoms with E-state index in [1.54, 1.807) is 0 Å². The van der Waals surface area contributed by atoms with Crippen LogP contribution in [0.1, 0.15) is 129 Å². The zero-order chi connectivity index (χ0) is 19.6. The van der Waals surface area contributed by atoms with Gasteiger partial charge in [0.1, 0.15) is 0 Å². The van der Waals surface area contributed by atoms with Crippen LogP contribution in [0.25, 0.3) is 0 Å². The number of rotatable bonds is 19. The van der Waals surface area contributed by atoms with E-state index in [-0.39, 0.29) is 0 Å². The molecular weight excluding hydrogens is 336 g/mol. The minimum absolute atomic E-state index is 0.438. The van der Waals surface area contributed by atoms with Crippen LogP contribution in [0.2, 0.25) is 0 Å². The maximum atomic E-state index is 11.3. The van der Waals surface area contributed by atoms with Crippen molar-refractivity contribution in [3.63, 3.8) is 0 Å². The third-order valence-electron chi connectivity index (χ3n) is 5.55. The molecular formula is C24H42O3. The molecule has 0 bridgehead atoms. The van der Waals surface area contributed by atoms with Crippen LogP contribution >= 0.6 is 0 Å². The monoisotopic (exact) mass is 378 g/mol. The summed E-state index contributed by atoms with van der Waals surface area (Å²) in [4.78, 5) is 22.2. The Balaban J connectivity index is 1.72. The second-order valence-corrected chi connectivity index (χ2v) is 8.14. The fraction of sp³-hybridized carbons (Fsp3) is 0.833. The Morgan fingerprint density at radius 2 is 0.963 bits per heavy atom. The third kappa shape index (κ3) is 13.7. The third-order valence-corrected chi connectivity index (χ3v) is 5.55. The van der Waals surface area contributed by atoms with Gasteiger partial charge in [-0.25, -0.2) is 9.59 Å². The van der Waals surface area contributed by atoms with Crippen molar-refractivity contribution in [3.05, 3.63) is 11.6 Å². The summed E-state index contributed by atoms with van der Waals surface area (Å²) in [6.07, 6.45) is 26.4. The van der Waals surface area contributed by atoms with Crippen molar-refractivity contribution in [2.24, 2.45) is 0 Å². The molecule has 0 saturated carbocycles. The van der Waals surface area contributed by atoms with E-state index in [4.69, 9.17) is 0 Å². The van der Waals surface area contributed by atoms with Crippen molar-refractivity contribution in [2.75, 3.05) is 0 Å². The van der Waals surface area contributed by atoms with E-state index in [0.29, 0.717) is 12.0 Å². The molecule has 0 aromatic rings. The van der Waals surface area contributed by atoms with Crippen molar-refractivity contribution in [2.45, 2.75) is 129 Å². The van der Waals surface area contributed by atoms with Gasteiger partial charge in [-0.2, -0.15) is 0 Å². The summed E-state index contributed by atoms with van der Waals surface area (Å²) in [7, 11) is 0. The topological polar surface area (TPSA) is 43.4 Å². The van der Waals surface area contributed by atoms with Gasteiger partial charge in [0, 0.05) is 11.6 Å². The first-order chi connectivity index (χ1) is 13.2. The number of cyclic esters (lactones) is 2. The lowest BCUT2D eigenvalue weighted by Gasteiger charge is -2.04. The van der Waals surface area contributed by atoms with E-state index in [2.05, 4.69) is 11.7 Å². The van der Waals surface area contributed by atoms with Crippen LogP contribution in [0.4, 0.5) is 0 Å². The maximum Gasteiger partial charge on any atom is 0.342 e. The van der Waals surface area contributed by atoms with Gasteiger partial charge in [-0.3, -0.25) is 0 Å². The number of hydrogen-bond donors (Lipinski definition) is 0. The van der Waals surface area contributed by atoms with Crippen LogP contribution in [0.3, 0.4) is 0 Å². The minimum atomic E-state index is -0.502. The molecule has 0 N–H and O–H groups in total. The van der Waals surface area contributed by atoms with E-state index in [0.717, 1.165) is 12.8 Å². The summed E-state index contributed by atoms with van der Waals surface area (Å²) in [5.74, 6) is -0.940. The van der Waals surface area contributed by atoms with Crippen LogP contribution in [0.5, 0.6) is 0 Å². The molecule has 1 rings (SSSR count). The highest BCUT2D eigenvalue weighted by molar-refractivity contribution is 6.08. The summed E-state index contributed by atoms with van der Waals surface area (Å²) in [6, 6.07) is 0. The molecule has 0 atom stereocenters. The van der Waals surface area contributed by atoms with Crippen LogP contribution in [0.15, 0.2) is 11.6 Å². The van der Waals surface area contributed by atoms with E-state index >= 15 is 0 Å². The molecule has 0 aromatic heterocycles. The van der Waals surface area contributed by atoms with Crippen LogP contribution in [0, 0.1) is 0 Å². The van der Waals surface area contributed by atoms with Crippen LogP contribution in [-0.4, -0.2) is 11.9 Å². The molecule has 27 heavy (non-hydrogen) atoms. The minimum Gasteiger partial charge on any atom is -0.386 e. The van der Waals surface area contributed by atoms with Gasteiger partial charge in [-0.1, -0.05) is 116 Å². The predicted octanol–water partition coefficient (Wildman–Crippen LogP) is 7.43. The second-order valence-electron chi connectivity index (χ2n) is 8.14. The molecule has 0 radical (unpaired) electrons. The number of esters is 2. The van der Waals surface area contributed by atoms with Gasteiger partial charge in [-0.05, 0) is 12.8 Å². The lowest BCUT2D eigenvalue weighted by molar-refractivity contribution is -0.150. The van der Waals surface area contributed by atoms with Gasteiger partial charge < -0.3 is 4.74 Å². The Morgan fingerprint density at radius 1 is 0.593 bits per heavy atom. The number of unbranched alkanes of at least 4 members (excludes halogenated alkanes) is 17. The summed E-state index contributed by atoms with van der Waals surface area (Å²) in [6.45, 7) is 2.28. The standard InChI is InChI=1S/C24H42O3/c1-2-3-4-5-6-7-8-9-10-11-12-13-14-15-16-17-18-19-20-22-21-23(25)27-24(22)26/h21H,2-20H2,1H3. The highest BCUT2D eigenvalue weighted by Crippen LogP contribution is 2.18. The van der Waals surface area contributed by atoms with Crippen molar-refractivity contribution in [1.82, 2.24) is 0 Å². The van der Waals surface area contributed by atoms with E-state index in [9.17, 15) is 9.59 Å². The Kier molecular flexibility index (Phi) is 15.1. The Bertz CT molecular complexity index is 425. The largest absolute Gasteiger partial charge is 0.386 e. The summed E-state index contributed by atoms with van der Waals surface area (Å²) >= 11 is 0. The van der Waals surface area contributed by atoms with Gasteiger partial charge in [0.15, 0.2) is 0 Å². The highest BCUT2D eigenvalue weighted by atomic mass is 16.6. The molecule has 0 spiro atoms. The lowest BCUT2D eigenvalue weighted by Crippen LogP contribution is -2.01. The number of hydrogen-bond acceptors (Lipinski definition) is 3. The van der Waals surface area contributed by atoms with Crippen molar-refractivity contribution in [1.29, 1.82) is 0 Å². The Morgan fingerprint density at radius 3 is 1.30 bits per heavy atom. The summed E-state index contributed by atoms with van der Waals surface area (Å²) in [5, 5.41) is 0. The van der Waals surface area contributed by atoms with Gasteiger partial charge in [0.25, 0.3) is 0 Å². The van der Waals surface area contributed by atoms with Gasteiger partial charge in [0.2, 0.25) is 0 Å². The van der Waals surface area contributed by atoms with Gasteiger partial charge in [0.05, 0.1) is 0 Å². The van der Waals surface area contributed by atoms with Crippen molar-refractivity contribution < 1.29 is 14.3 Å². The molecule has 1 aliphatic heterocycles. The Labute approximate surface area is 167 Å². The fourth-order valence-corrected chi connectivity index (χ4v) is 3.78. The van der Waals surface area contributed by atoms with Gasteiger partial charge in [-0.15, -0.1) is 0 Å². The second kappa shape index (κ2) is 17.0. The summed E-state index contributed by atoms with van der Waals surface area (Å²) in [5.41, 5.74) is 0.552. The zero-order valence-corrected chi connectivity index (χ0v) is 17.7. The van der Waals surface area contributed by atoms with E-state index in [1.807, 2.05) is 0 Å². The van der Waals surface area contributed by atoms with Crippen LogP contribution in [-0.2, 0) is 14.3 Å². The molecule has 3 nitrogen and oxygen atoms in total. The average Bonchev–Trinajstić information content (AvgIpc) is 2.98. The van der Waals surface area contributed by atoms with E-state index in [1.165, 1.54) is 109 Å². The average molecular weight is 379 g/mol. The number of ether oxygens (including phenoxy) is 1. The molecule has 0 amide bonds. The number of carbonyl (C=O) groups excluding carboxylic acids is 2. The summed E-state index contributed by atoms with van der Waals surface area (Å²) < 4.78 is 4.49. The molecule has 0 saturated heterocycles. The Hall–Kier alpha value is -1.12. The molecule has 0 unspecified atom stereocenters. The van der Waals surface area contributed by atoms with Gasteiger partial charge >= 0.3 is 11.9 Å². The molecule has 3 heteroatoms. The normalized spacial score (nSPS) is 13.9. The molecule has 156 valence electrons. The molecule has 0 aromatic carbocycles. The highest BCUT2D eigenvalue weighted by Gasteiger charge is 2.22. The van der Waals surface area contributed by atoms with Crippen molar-refractivity contribution >= 4 is 11.9 Å². The first-order valence-electron chi connectivity index (χ1n) is 11.7. The zero-order valence-electron chi connectivity index (χ0n) is 17.7. The first kappa shape index (κ1) is 23.9. The fourth-order valence-electron chi connectivity index (χ4n) is 3.78. The van der Waals surface area contributed by atoms with E-state index < -0.39 is 11.9 Å². The van der Waals surface area contributed by atoms with Crippen LogP contribution < -0.4 is 0 Å². The SMILES string of the molecule is CCCCCCCCCCCCCCCCCCCCC1=CC(=O)OC1=O. The molecule has 1 heterocycles. The smallest absolute Gasteiger partial charge is 0.342 e. The molecule has 0 aliphatic carbocycles. The maximum absolute atomic E-state index is 11.3. The lowest BCUT2D eigenvalue weighted by atomic mass is 10.0.